The van der Waals surface area contributed by atoms with E-state index >= 15 is 0 Å². The fourth-order valence-corrected chi connectivity index (χ4v) is 2.81. The summed E-state index contributed by atoms with van der Waals surface area (Å²) in [6.07, 6.45) is 1.02. The van der Waals surface area contributed by atoms with Crippen LogP contribution in [0.25, 0.3) is 0 Å². The molecule has 1 aromatic carbocycles. The van der Waals surface area contributed by atoms with E-state index in [4.69, 9.17) is 11.6 Å². The van der Waals surface area contributed by atoms with Gasteiger partial charge in [-0.15, -0.1) is 0 Å². The monoisotopic (exact) mass is 242 g/mol. The van der Waals surface area contributed by atoms with E-state index in [-0.39, 0.29) is 18.2 Å². The summed E-state index contributed by atoms with van der Waals surface area (Å²) in [6.45, 7) is 2.13. The van der Waals surface area contributed by atoms with Gasteiger partial charge in [0, 0.05) is 5.02 Å². The smallest absolute Gasteiger partial charge is 0.296 e. The summed E-state index contributed by atoms with van der Waals surface area (Å²) in [4.78, 5) is 0. The summed E-state index contributed by atoms with van der Waals surface area (Å²) < 4.78 is 1.42. The molecule has 0 saturated heterocycles. The first-order chi connectivity index (χ1) is 5.27. The molecule has 0 amide bonds. The normalized spacial score (nSPS) is 9.36. The topological polar surface area (TPSA) is 0 Å². The van der Waals surface area contributed by atoms with Gasteiger partial charge in [-0.25, -0.2) is 0 Å². The minimum absolute atomic E-state index is 0.202. The molecule has 0 aliphatic heterocycles. The molecule has 0 nitrogen and oxygen atoms in total. The van der Waals surface area contributed by atoms with Gasteiger partial charge in [-0.05, 0) is 18.1 Å². The van der Waals surface area contributed by atoms with Crippen LogP contribution in [0.3, 0.4) is 0 Å². The van der Waals surface area contributed by atoms with Crippen molar-refractivity contribution in [1.82, 2.24) is 0 Å². The van der Waals surface area contributed by atoms with Crippen LogP contribution >= 0.6 is 24.5 Å². The third kappa shape index (κ3) is 2.62. The maximum atomic E-state index is 5.95. The quantitative estimate of drug-likeness (QED) is 0.701. The van der Waals surface area contributed by atoms with E-state index in [0.29, 0.717) is 0 Å². The number of hydrogen-bond donors (Lipinski definition) is 0. The molecular weight excluding hydrogens is 236 g/mol. The number of rotatable bonds is 2. The van der Waals surface area contributed by atoms with Gasteiger partial charge in [0.2, 0.25) is 0 Å². The second kappa shape index (κ2) is 4.70. The van der Waals surface area contributed by atoms with E-state index in [2.05, 4.69) is 31.9 Å². The van der Waals surface area contributed by atoms with Gasteiger partial charge in [0.05, 0.1) is 0 Å². The Kier molecular flexibility index (Phi) is 4.21. The van der Waals surface area contributed by atoms with Crippen LogP contribution in [0.15, 0.2) is 18.2 Å². The van der Waals surface area contributed by atoms with E-state index in [1.165, 1.54) is 9.26 Å². The number of halogens is 2. The molecule has 0 aliphatic rings. The van der Waals surface area contributed by atoms with Crippen LogP contribution < -0.4 is 3.69 Å². The van der Waals surface area contributed by atoms with Crippen molar-refractivity contribution in [3.63, 3.8) is 0 Å². The molecule has 0 aliphatic carbocycles. The predicted molar refractivity (Wildman–Crippen MR) is 55.1 cm³/mol. The van der Waals surface area contributed by atoms with Crippen molar-refractivity contribution in [3.05, 3.63) is 28.8 Å². The Labute approximate surface area is 87.9 Å². The summed E-state index contributed by atoms with van der Waals surface area (Å²) in [5, 5.41) is 0.895. The Morgan fingerprint density at radius 2 is 2.27 bits per heavy atom. The lowest BCUT2D eigenvalue weighted by molar-refractivity contribution is 1.14. The summed E-state index contributed by atoms with van der Waals surface area (Å²) in [5.74, 6) is 0. The van der Waals surface area contributed by atoms with Crippen LogP contribution in [0.1, 0.15) is 12.5 Å². The third-order valence-corrected chi connectivity index (χ3v) is 4.70. The van der Waals surface area contributed by atoms with Crippen LogP contribution in [0.2, 0.25) is 5.02 Å². The highest BCUT2D eigenvalue weighted by molar-refractivity contribution is 9.23. The van der Waals surface area contributed by atoms with Crippen molar-refractivity contribution in [2.45, 2.75) is 13.3 Å². The molecule has 0 heterocycles. The molecule has 0 N–H and O–H groups in total. The van der Waals surface area contributed by atoms with Crippen molar-refractivity contribution in [2.24, 2.45) is 0 Å². The maximum Gasteiger partial charge on any atom is 0.506 e. The zero-order chi connectivity index (χ0) is 8.27. The van der Waals surface area contributed by atoms with E-state index in [0.717, 1.165) is 11.4 Å². The van der Waals surface area contributed by atoms with E-state index in [9.17, 15) is 0 Å². The van der Waals surface area contributed by atoms with Gasteiger partial charge in [0.1, 0.15) is 0 Å². The summed E-state index contributed by atoms with van der Waals surface area (Å²) in [6, 6.07) is 6.29. The average Bonchev–Trinajstić information content (AvgIpc) is 2.05. The maximum absolute atomic E-state index is 5.95. The Morgan fingerprint density at radius 3 is 2.82 bits per heavy atom. The molecule has 0 aromatic heterocycles. The second-order valence-corrected chi connectivity index (χ2v) is 5.59. The van der Waals surface area contributed by atoms with Crippen LogP contribution in [0.5, 0.6) is 0 Å². The van der Waals surface area contributed by atoms with E-state index in [1.807, 2.05) is 6.07 Å². The average molecular weight is 244 g/mol. The molecule has 0 fully saturated rings. The molecule has 56 valence electrons. The van der Waals surface area contributed by atoms with Crippen LogP contribution in [-0.2, 0) is 6.42 Å². The summed E-state index contributed by atoms with van der Waals surface area (Å²) >= 11 is 9.29. The Morgan fingerprint density at radius 1 is 1.55 bits per heavy atom. The SMILES string of the molecule is CCc1c[c]([Mg][Br])ccc1Cl. The van der Waals surface area contributed by atoms with Crippen LogP contribution in [-0.4, -0.2) is 18.2 Å². The fraction of sp³-hybridized carbons (Fsp3) is 0.250. The minimum atomic E-state index is -0.202. The van der Waals surface area contributed by atoms with Crippen molar-refractivity contribution < 1.29 is 0 Å². The number of benzene rings is 1. The summed E-state index contributed by atoms with van der Waals surface area (Å²) in [5.41, 5.74) is 1.26. The molecule has 0 spiro atoms. The standard InChI is InChI=1S/C8H8Cl.BrH.Mg/c1-2-7-5-3-4-6-8(7)9;;/h4-6H,2H2,1H3;1H;/q;;+1/p-1. The fourth-order valence-electron chi connectivity index (χ4n) is 0.982. The van der Waals surface area contributed by atoms with Gasteiger partial charge in [0.25, 0.3) is 0 Å². The molecule has 11 heavy (non-hydrogen) atoms. The van der Waals surface area contributed by atoms with Gasteiger partial charge < -0.3 is 0 Å². The first kappa shape index (κ1) is 9.84. The minimum Gasteiger partial charge on any atom is -0.296 e. The Hall–Kier alpha value is 0.756. The third-order valence-electron chi connectivity index (χ3n) is 1.65. The summed E-state index contributed by atoms with van der Waals surface area (Å²) in [7, 11) is 0. The lowest BCUT2D eigenvalue weighted by atomic mass is 10.2. The Balaban J connectivity index is 3.02. The van der Waals surface area contributed by atoms with Gasteiger partial charge >= 0.3 is 18.2 Å². The molecule has 1 aromatic rings. The van der Waals surface area contributed by atoms with Crippen molar-refractivity contribution >= 4 is 46.4 Å². The van der Waals surface area contributed by atoms with E-state index in [1.54, 1.807) is 0 Å². The van der Waals surface area contributed by atoms with Gasteiger partial charge in [0.15, 0.2) is 0 Å². The molecule has 0 atom stereocenters. The van der Waals surface area contributed by atoms with Crippen molar-refractivity contribution in [3.8, 4) is 0 Å². The molecule has 0 unspecified atom stereocenters. The van der Waals surface area contributed by atoms with E-state index < -0.39 is 0 Å². The van der Waals surface area contributed by atoms with Gasteiger partial charge in [-0.2, -0.15) is 3.69 Å². The number of aryl methyl sites for hydroxylation is 1. The Bertz CT molecular complexity index is 250. The molecule has 0 bridgehead atoms. The predicted octanol–water partition coefficient (Wildman–Crippen LogP) is 2.54. The highest BCUT2D eigenvalue weighted by atomic mass is 79.9. The zero-order valence-corrected chi connectivity index (χ0v) is 10.2. The van der Waals surface area contributed by atoms with Crippen molar-refractivity contribution in [2.75, 3.05) is 0 Å². The van der Waals surface area contributed by atoms with Crippen LogP contribution in [0, 0.1) is 0 Å². The lowest BCUT2D eigenvalue weighted by Gasteiger charge is -2.02. The first-order valence-corrected chi connectivity index (χ1v) is 8.59. The van der Waals surface area contributed by atoms with Crippen LogP contribution in [0.4, 0.5) is 0 Å². The second-order valence-electron chi connectivity index (χ2n) is 2.41. The highest BCUT2D eigenvalue weighted by Gasteiger charge is 1.99. The first-order valence-electron chi connectivity index (χ1n) is 3.61. The lowest BCUT2D eigenvalue weighted by Crippen LogP contribution is -2.08. The zero-order valence-electron chi connectivity index (χ0n) is 6.40. The number of hydrogen-bond acceptors (Lipinski definition) is 0. The molecular formula is C8H8BrClMg. The molecule has 1 rings (SSSR count). The molecule has 0 saturated carbocycles. The highest BCUT2D eigenvalue weighted by Crippen LogP contribution is 2.13. The van der Waals surface area contributed by atoms with Gasteiger partial charge in [-0.3, -0.25) is 12.9 Å². The molecule has 0 radical (unpaired) electrons. The van der Waals surface area contributed by atoms with Gasteiger partial charge in [-0.1, -0.05) is 30.7 Å². The largest absolute Gasteiger partial charge is 0.506 e. The molecule has 3 heteroatoms. The van der Waals surface area contributed by atoms with Crippen molar-refractivity contribution in [1.29, 1.82) is 0 Å².